The average Bonchev–Trinajstić information content (AvgIpc) is 1.98. The Labute approximate surface area is 66.5 Å². The molecule has 0 spiro atoms. The van der Waals surface area contributed by atoms with Crippen molar-refractivity contribution in [1.82, 2.24) is 0 Å². The van der Waals surface area contributed by atoms with Crippen LogP contribution in [0, 0.1) is 6.92 Å². The predicted octanol–water partition coefficient (Wildman–Crippen LogP) is 3.11. The molecule has 0 atom stereocenters. The van der Waals surface area contributed by atoms with Crippen LogP contribution in [0.3, 0.4) is 0 Å². The summed E-state index contributed by atoms with van der Waals surface area (Å²) >= 11 is 9.23. The summed E-state index contributed by atoms with van der Waals surface area (Å²) in [6.07, 6.45) is 0. The summed E-state index contributed by atoms with van der Waals surface area (Å²) in [5.74, 6) is 0. The lowest BCUT2D eigenvalue weighted by Crippen LogP contribution is -1.62. The molecule has 0 unspecified atom stereocenters. The van der Waals surface area contributed by atoms with Crippen LogP contribution in [0.4, 0.5) is 0 Å². The number of hydrogen-bond donors (Lipinski definition) is 1. The maximum Gasteiger partial charge on any atom is 0.0608 e. The van der Waals surface area contributed by atoms with Crippen LogP contribution in [-0.2, 0) is 0 Å². The van der Waals surface area contributed by atoms with Crippen LogP contribution in [0.5, 0.6) is 0 Å². The van der Waals surface area contributed by atoms with E-state index in [0.717, 1.165) is 8.68 Å². The smallest absolute Gasteiger partial charge is 0.0608 e. The van der Waals surface area contributed by atoms with Crippen LogP contribution in [0.2, 0.25) is 0 Å². The van der Waals surface area contributed by atoms with E-state index in [1.807, 2.05) is 12.3 Å². The molecule has 1 aromatic rings. The first-order chi connectivity index (χ1) is 3.72. The van der Waals surface area contributed by atoms with Gasteiger partial charge in [0.25, 0.3) is 0 Å². The fraction of sp³-hybridized carbons (Fsp3) is 0.200. The van der Waals surface area contributed by atoms with Gasteiger partial charge in [-0.05, 0) is 28.4 Å². The molecule has 44 valence electrons. The van der Waals surface area contributed by atoms with Gasteiger partial charge in [-0.25, -0.2) is 0 Å². The van der Waals surface area contributed by atoms with Crippen LogP contribution in [0.15, 0.2) is 14.1 Å². The second kappa shape index (κ2) is 2.42. The lowest BCUT2D eigenvalue weighted by atomic mass is 10.4. The Hall–Kier alpha value is 0.530. The average molecular weight is 209 g/mol. The van der Waals surface area contributed by atoms with E-state index in [0.29, 0.717) is 0 Å². The third-order valence-electron chi connectivity index (χ3n) is 0.953. The molecule has 1 rings (SSSR count). The normalized spacial score (nSPS) is 9.88. The van der Waals surface area contributed by atoms with Crippen molar-refractivity contribution < 1.29 is 0 Å². The van der Waals surface area contributed by atoms with Crippen LogP contribution in [0.25, 0.3) is 0 Å². The van der Waals surface area contributed by atoms with Crippen molar-refractivity contribution >= 4 is 39.9 Å². The van der Waals surface area contributed by atoms with Crippen molar-refractivity contribution in [3.05, 3.63) is 15.4 Å². The molecule has 0 aromatic carbocycles. The Kier molecular flexibility index (Phi) is 2.01. The first-order valence-corrected chi connectivity index (χ1v) is 4.26. The summed E-state index contributed by atoms with van der Waals surface area (Å²) in [6, 6.07) is 0. The zero-order chi connectivity index (χ0) is 6.15. The van der Waals surface area contributed by atoms with Gasteiger partial charge in [0.05, 0.1) is 4.21 Å². The summed E-state index contributed by atoms with van der Waals surface area (Å²) in [4.78, 5) is 0. The van der Waals surface area contributed by atoms with Gasteiger partial charge in [0.15, 0.2) is 0 Å². The van der Waals surface area contributed by atoms with E-state index < -0.39 is 0 Å². The molecule has 0 N–H and O–H groups in total. The van der Waals surface area contributed by atoms with Gasteiger partial charge in [-0.3, -0.25) is 0 Å². The molecule has 0 bridgehead atoms. The van der Waals surface area contributed by atoms with Crippen molar-refractivity contribution in [3.63, 3.8) is 0 Å². The van der Waals surface area contributed by atoms with E-state index in [1.54, 1.807) is 11.3 Å². The van der Waals surface area contributed by atoms with Crippen LogP contribution in [0.1, 0.15) is 5.56 Å². The van der Waals surface area contributed by atoms with Gasteiger partial charge >= 0.3 is 0 Å². The Morgan fingerprint density at radius 1 is 1.75 bits per heavy atom. The number of rotatable bonds is 0. The first kappa shape index (κ1) is 6.65. The molecular formula is C5H5BrS2. The summed E-state index contributed by atoms with van der Waals surface area (Å²) in [7, 11) is 0. The van der Waals surface area contributed by atoms with Crippen molar-refractivity contribution in [1.29, 1.82) is 0 Å². The van der Waals surface area contributed by atoms with Crippen LogP contribution >= 0.6 is 39.9 Å². The molecule has 0 amide bonds. The van der Waals surface area contributed by atoms with E-state index in [2.05, 4.69) is 28.6 Å². The van der Waals surface area contributed by atoms with Gasteiger partial charge < -0.3 is 0 Å². The fourth-order valence-corrected chi connectivity index (χ4v) is 2.11. The molecule has 0 aliphatic rings. The molecule has 0 aliphatic heterocycles. The van der Waals surface area contributed by atoms with E-state index in [-0.39, 0.29) is 0 Å². The second-order valence-electron chi connectivity index (χ2n) is 1.51. The first-order valence-electron chi connectivity index (χ1n) is 2.14. The van der Waals surface area contributed by atoms with E-state index >= 15 is 0 Å². The zero-order valence-electron chi connectivity index (χ0n) is 4.31. The lowest BCUT2D eigenvalue weighted by Gasteiger charge is -1.84. The van der Waals surface area contributed by atoms with Crippen molar-refractivity contribution in [2.75, 3.05) is 0 Å². The number of hydrogen-bond acceptors (Lipinski definition) is 2. The predicted molar refractivity (Wildman–Crippen MR) is 44.0 cm³/mol. The zero-order valence-corrected chi connectivity index (χ0v) is 7.61. The monoisotopic (exact) mass is 208 g/mol. The molecule has 0 saturated heterocycles. The largest absolute Gasteiger partial charge is 0.136 e. The highest BCUT2D eigenvalue weighted by Crippen LogP contribution is 2.28. The standard InChI is InChI=1S/C5H5BrS2/c1-3-4(6)2-8-5(3)7/h2,7H,1H3. The molecule has 0 aliphatic carbocycles. The SMILES string of the molecule is Cc1c(Br)csc1S. The number of thiol groups is 1. The summed E-state index contributed by atoms with van der Waals surface area (Å²) < 4.78 is 2.25. The van der Waals surface area contributed by atoms with Crippen molar-refractivity contribution in [2.45, 2.75) is 11.1 Å². The number of thiophene rings is 1. The highest BCUT2D eigenvalue weighted by atomic mass is 79.9. The Bertz CT molecular complexity index is 173. The Balaban J connectivity index is 3.19. The highest BCUT2D eigenvalue weighted by Gasteiger charge is 1.98. The Morgan fingerprint density at radius 3 is 2.50 bits per heavy atom. The quantitative estimate of drug-likeness (QED) is 0.623. The maximum atomic E-state index is 4.21. The van der Waals surface area contributed by atoms with Crippen LogP contribution in [-0.4, -0.2) is 0 Å². The van der Waals surface area contributed by atoms with Gasteiger partial charge in [0.2, 0.25) is 0 Å². The van der Waals surface area contributed by atoms with Crippen molar-refractivity contribution in [2.24, 2.45) is 0 Å². The van der Waals surface area contributed by atoms with E-state index in [9.17, 15) is 0 Å². The molecular weight excluding hydrogens is 204 g/mol. The van der Waals surface area contributed by atoms with Gasteiger partial charge in [-0.15, -0.1) is 24.0 Å². The third kappa shape index (κ3) is 1.09. The minimum absolute atomic E-state index is 1.09. The molecule has 0 radical (unpaired) electrons. The van der Waals surface area contributed by atoms with Gasteiger partial charge in [-0.1, -0.05) is 0 Å². The van der Waals surface area contributed by atoms with Gasteiger partial charge in [-0.2, -0.15) is 0 Å². The summed E-state index contributed by atoms with van der Waals surface area (Å²) in [5, 5.41) is 2.04. The molecule has 0 saturated carbocycles. The molecule has 1 heterocycles. The summed E-state index contributed by atoms with van der Waals surface area (Å²) in [5.41, 5.74) is 1.23. The topological polar surface area (TPSA) is 0 Å². The Morgan fingerprint density at radius 2 is 2.38 bits per heavy atom. The fourth-order valence-electron chi connectivity index (χ4n) is 0.386. The minimum atomic E-state index is 1.09. The molecule has 1 aromatic heterocycles. The van der Waals surface area contributed by atoms with Gasteiger partial charge in [0, 0.05) is 9.85 Å². The van der Waals surface area contributed by atoms with Gasteiger partial charge in [0.1, 0.15) is 0 Å². The minimum Gasteiger partial charge on any atom is -0.136 e. The van der Waals surface area contributed by atoms with E-state index in [4.69, 9.17) is 0 Å². The number of halogens is 1. The highest BCUT2D eigenvalue weighted by molar-refractivity contribution is 9.10. The van der Waals surface area contributed by atoms with E-state index in [1.165, 1.54) is 5.56 Å². The second-order valence-corrected chi connectivity index (χ2v) is 4.00. The molecule has 0 nitrogen and oxygen atoms in total. The lowest BCUT2D eigenvalue weighted by molar-refractivity contribution is 1.41. The molecule has 3 heteroatoms. The molecule has 0 fully saturated rings. The third-order valence-corrected chi connectivity index (χ3v) is 3.61. The summed E-state index contributed by atoms with van der Waals surface area (Å²) in [6.45, 7) is 2.04. The molecule has 8 heavy (non-hydrogen) atoms. The van der Waals surface area contributed by atoms with Crippen molar-refractivity contribution in [3.8, 4) is 0 Å². The van der Waals surface area contributed by atoms with Crippen LogP contribution < -0.4 is 0 Å². The maximum absolute atomic E-state index is 4.21.